The van der Waals surface area contributed by atoms with E-state index in [2.05, 4.69) is 10.1 Å². The van der Waals surface area contributed by atoms with E-state index in [0.29, 0.717) is 63.0 Å². The van der Waals surface area contributed by atoms with E-state index in [1.807, 2.05) is 6.92 Å². The van der Waals surface area contributed by atoms with Gasteiger partial charge < -0.3 is 18.7 Å². The van der Waals surface area contributed by atoms with Gasteiger partial charge in [0.05, 0.1) is 24.2 Å². The molecule has 9 nitrogen and oxygen atoms in total. The summed E-state index contributed by atoms with van der Waals surface area (Å²) in [6.07, 6.45) is 1.86. The van der Waals surface area contributed by atoms with Crippen molar-refractivity contribution in [2.75, 3.05) is 33.4 Å². The van der Waals surface area contributed by atoms with E-state index in [1.165, 1.54) is 4.31 Å². The molecule has 2 aromatic rings. The van der Waals surface area contributed by atoms with Crippen LogP contribution >= 0.6 is 0 Å². The molecule has 29 heavy (non-hydrogen) atoms. The summed E-state index contributed by atoms with van der Waals surface area (Å²) in [5.74, 6) is 1.68. The molecule has 10 heteroatoms. The van der Waals surface area contributed by atoms with E-state index in [-0.39, 0.29) is 17.6 Å². The fraction of sp³-hybridized carbons (Fsp3) is 0.579. The Morgan fingerprint density at radius 2 is 1.93 bits per heavy atom. The molecule has 160 valence electrons. The Morgan fingerprint density at radius 1 is 1.21 bits per heavy atom. The van der Waals surface area contributed by atoms with Gasteiger partial charge in [0.25, 0.3) is 5.89 Å². The summed E-state index contributed by atoms with van der Waals surface area (Å²) in [6.45, 7) is 4.04. The van der Waals surface area contributed by atoms with E-state index < -0.39 is 10.0 Å². The van der Waals surface area contributed by atoms with Crippen LogP contribution in [0.5, 0.6) is 5.75 Å². The molecule has 0 aliphatic carbocycles. The van der Waals surface area contributed by atoms with Crippen molar-refractivity contribution in [3.8, 4) is 5.75 Å². The van der Waals surface area contributed by atoms with Gasteiger partial charge in [-0.2, -0.15) is 9.29 Å². The number of rotatable bonds is 10. The van der Waals surface area contributed by atoms with Crippen LogP contribution in [0.1, 0.15) is 31.5 Å². The van der Waals surface area contributed by atoms with Crippen LogP contribution in [0.25, 0.3) is 0 Å². The first-order valence-electron chi connectivity index (χ1n) is 9.68. The quantitative estimate of drug-likeness (QED) is 0.569. The molecule has 0 spiro atoms. The lowest BCUT2D eigenvalue weighted by atomic mass is 10.1. The van der Waals surface area contributed by atoms with Crippen LogP contribution < -0.4 is 4.74 Å². The first kappa shape index (κ1) is 21.7. The standard InChI is InChI=1S/C19H27N3O6S/c1-3-26-15-4-6-17(7-5-15)29(23,24)22-11-8-16(9-12-22)27-13-10-18-20-19(14-25-2)28-21-18/h4-7,16H,3,8-14H2,1-2H3. The second-order valence-corrected chi connectivity index (χ2v) is 8.60. The Balaban J connectivity index is 1.45. The molecule has 1 aliphatic rings. The third-order valence-electron chi connectivity index (χ3n) is 4.63. The number of piperidine rings is 1. The second-order valence-electron chi connectivity index (χ2n) is 6.67. The zero-order chi connectivity index (χ0) is 20.7. The lowest BCUT2D eigenvalue weighted by Crippen LogP contribution is -2.41. The monoisotopic (exact) mass is 425 g/mol. The molecule has 2 heterocycles. The molecule has 0 N–H and O–H groups in total. The van der Waals surface area contributed by atoms with Crippen LogP contribution in [-0.4, -0.2) is 62.4 Å². The van der Waals surface area contributed by atoms with Gasteiger partial charge in [-0.15, -0.1) is 0 Å². The number of aromatic nitrogens is 2. The SMILES string of the molecule is CCOc1ccc(S(=O)(=O)N2CCC(OCCc3noc(COC)n3)CC2)cc1. The van der Waals surface area contributed by atoms with Gasteiger partial charge in [0.2, 0.25) is 10.0 Å². The highest BCUT2D eigenvalue weighted by atomic mass is 32.2. The zero-order valence-electron chi connectivity index (χ0n) is 16.7. The molecule has 1 aromatic heterocycles. The van der Waals surface area contributed by atoms with Gasteiger partial charge in [0.1, 0.15) is 12.4 Å². The summed E-state index contributed by atoms with van der Waals surface area (Å²) in [7, 11) is -1.94. The third-order valence-corrected chi connectivity index (χ3v) is 6.54. The highest BCUT2D eigenvalue weighted by Crippen LogP contribution is 2.24. The topological polar surface area (TPSA) is 104 Å². The second kappa shape index (κ2) is 10.1. The van der Waals surface area contributed by atoms with Crippen LogP contribution in [0.15, 0.2) is 33.7 Å². The first-order valence-corrected chi connectivity index (χ1v) is 11.1. The van der Waals surface area contributed by atoms with Gasteiger partial charge >= 0.3 is 0 Å². The molecule has 1 aromatic carbocycles. The summed E-state index contributed by atoms with van der Waals surface area (Å²) in [6, 6.07) is 6.54. The first-order chi connectivity index (χ1) is 14.0. The van der Waals surface area contributed by atoms with Crippen LogP contribution in [0.3, 0.4) is 0 Å². The fourth-order valence-electron chi connectivity index (χ4n) is 3.15. The van der Waals surface area contributed by atoms with Gasteiger partial charge in [-0.05, 0) is 44.0 Å². The molecule has 0 saturated carbocycles. The van der Waals surface area contributed by atoms with Gasteiger partial charge in [-0.3, -0.25) is 0 Å². The molecule has 1 fully saturated rings. The van der Waals surface area contributed by atoms with Crippen molar-refractivity contribution in [1.82, 2.24) is 14.4 Å². The summed E-state index contributed by atoms with van der Waals surface area (Å²) in [5, 5.41) is 3.87. The number of hydrogen-bond donors (Lipinski definition) is 0. The number of ether oxygens (including phenoxy) is 3. The van der Waals surface area contributed by atoms with E-state index in [4.69, 9.17) is 18.7 Å². The highest BCUT2D eigenvalue weighted by molar-refractivity contribution is 7.89. The summed E-state index contributed by atoms with van der Waals surface area (Å²) >= 11 is 0. The summed E-state index contributed by atoms with van der Waals surface area (Å²) < 4.78 is 48.4. The van der Waals surface area contributed by atoms with Crippen molar-refractivity contribution < 1.29 is 27.2 Å². The minimum absolute atomic E-state index is 0.0205. The van der Waals surface area contributed by atoms with Gasteiger partial charge in [0.15, 0.2) is 5.82 Å². The lowest BCUT2D eigenvalue weighted by molar-refractivity contribution is 0.0222. The van der Waals surface area contributed by atoms with Crippen molar-refractivity contribution in [3.05, 3.63) is 36.0 Å². The molecule has 0 radical (unpaired) electrons. The summed E-state index contributed by atoms with van der Waals surface area (Å²) in [5.41, 5.74) is 0. The van der Waals surface area contributed by atoms with Crippen LogP contribution in [0, 0.1) is 0 Å². The number of sulfonamides is 1. The fourth-order valence-corrected chi connectivity index (χ4v) is 4.62. The Morgan fingerprint density at radius 3 is 2.59 bits per heavy atom. The van der Waals surface area contributed by atoms with Crippen LogP contribution in [-0.2, 0) is 32.5 Å². The van der Waals surface area contributed by atoms with Crippen molar-refractivity contribution in [3.63, 3.8) is 0 Å². The number of methoxy groups -OCH3 is 1. The molecule has 0 atom stereocenters. The molecule has 0 unspecified atom stereocenters. The predicted octanol–water partition coefficient (Wildman–Crippen LogP) is 2.03. The lowest BCUT2D eigenvalue weighted by Gasteiger charge is -2.31. The van der Waals surface area contributed by atoms with Gasteiger partial charge in [-0.25, -0.2) is 8.42 Å². The molecule has 1 saturated heterocycles. The van der Waals surface area contributed by atoms with Crippen LogP contribution in [0.4, 0.5) is 0 Å². The van der Waals surface area contributed by atoms with E-state index in [0.717, 1.165) is 0 Å². The number of benzene rings is 1. The Bertz CT molecular complexity index is 860. The highest BCUT2D eigenvalue weighted by Gasteiger charge is 2.29. The number of nitrogens with zero attached hydrogens (tertiary/aromatic N) is 3. The normalized spacial score (nSPS) is 16.2. The smallest absolute Gasteiger partial charge is 0.252 e. The van der Waals surface area contributed by atoms with Crippen molar-refractivity contribution >= 4 is 10.0 Å². The maximum Gasteiger partial charge on any atom is 0.252 e. The minimum atomic E-state index is -3.51. The molecular weight excluding hydrogens is 398 g/mol. The van der Waals surface area contributed by atoms with E-state index >= 15 is 0 Å². The third kappa shape index (κ3) is 5.75. The largest absolute Gasteiger partial charge is 0.494 e. The Hall–Kier alpha value is -2.01. The van der Waals surface area contributed by atoms with Crippen molar-refractivity contribution in [2.45, 2.75) is 43.8 Å². The predicted molar refractivity (Wildman–Crippen MR) is 104 cm³/mol. The van der Waals surface area contributed by atoms with Crippen molar-refractivity contribution in [2.24, 2.45) is 0 Å². The molecule has 3 rings (SSSR count). The van der Waals surface area contributed by atoms with E-state index in [1.54, 1.807) is 31.4 Å². The van der Waals surface area contributed by atoms with E-state index in [9.17, 15) is 8.42 Å². The molecular formula is C19H27N3O6S. The average molecular weight is 426 g/mol. The zero-order valence-corrected chi connectivity index (χ0v) is 17.6. The van der Waals surface area contributed by atoms with Gasteiger partial charge in [-0.1, -0.05) is 5.16 Å². The number of hydrogen-bond acceptors (Lipinski definition) is 8. The van der Waals surface area contributed by atoms with Crippen molar-refractivity contribution in [1.29, 1.82) is 0 Å². The van der Waals surface area contributed by atoms with Crippen LogP contribution in [0.2, 0.25) is 0 Å². The Kier molecular flexibility index (Phi) is 7.59. The molecule has 0 amide bonds. The average Bonchev–Trinajstić information content (AvgIpc) is 3.17. The maximum absolute atomic E-state index is 12.8. The Labute approximate surface area is 171 Å². The minimum Gasteiger partial charge on any atom is -0.494 e. The maximum atomic E-state index is 12.8. The van der Waals surface area contributed by atoms with Gasteiger partial charge in [0, 0.05) is 26.6 Å². The summed E-state index contributed by atoms with van der Waals surface area (Å²) in [4.78, 5) is 4.48. The molecule has 1 aliphatic heterocycles. The molecule has 0 bridgehead atoms.